The lowest BCUT2D eigenvalue weighted by molar-refractivity contribution is -0.147. The van der Waals surface area contributed by atoms with E-state index in [2.05, 4.69) is 5.32 Å². The molecule has 0 spiro atoms. The van der Waals surface area contributed by atoms with Crippen LogP contribution in [0.3, 0.4) is 0 Å². The minimum absolute atomic E-state index is 0.0608. The fourth-order valence-corrected chi connectivity index (χ4v) is 2.05. The molecule has 14 heavy (non-hydrogen) atoms. The fraction of sp³-hybridized carbons (Fsp3) is 0.800. The smallest absolute Gasteiger partial charge is 0.329 e. The standard InChI is InChI=1S/C10H15NO3/c12-8(7-3-4-7)11-10(9(13)14)5-1-2-6-10/h7H,1-6H2,(H,11,12)(H,13,14). The first-order chi connectivity index (χ1) is 6.64. The zero-order chi connectivity index (χ0) is 10.2. The summed E-state index contributed by atoms with van der Waals surface area (Å²) in [6.45, 7) is 0. The van der Waals surface area contributed by atoms with Crippen LogP contribution in [0.4, 0.5) is 0 Å². The molecule has 0 aromatic carbocycles. The van der Waals surface area contributed by atoms with E-state index in [4.69, 9.17) is 5.11 Å². The average molecular weight is 197 g/mol. The summed E-state index contributed by atoms with van der Waals surface area (Å²) >= 11 is 0. The van der Waals surface area contributed by atoms with Gasteiger partial charge >= 0.3 is 5.97 Å². The molecule has 0 unspecified atom stereocenters. The van der Waals surface area contributed by atoms with Gasteiger partial charge < -0.3 is 10.4 Å². The molecule has 4 heteroatoms. The van der Waals surface area contributed by atoms with Crippen molar-refractivity contribution in [3.63, 3.8) is 0 Å². The van der Waals surface area contributed by atoms with Gasteiger partial charge in [-0.05, 0) is 25.7 Å². The maximum atomic E-state index is 11.5. The largest absolute Gasteiger partial charge is 0.480 e. The van der Waals surface area contributed by atoms with Gasteiger partial charge in [0, 0.05) is 5.92 Å². The van der Waals surface area contributed by atoms with E-state index < -0.39 is 11.5 Å². The lowest BCUT2D eigenvalue weighted by Crippen LogP contribution is -2.53. The van der Waals surface area contributed by atoms with E-state index in [0.29, 0.717) is 12.8 Å². The van der Waals surface area contributed by atoms with E-state index in [-0.39, 0.29) is 11.8 Å². The summed E-state index contributed by atoms with van der Waals surface area (Å²) in [6.07, 6.45) is 4.80. The van der Waals surface area contributed by atoms with Crippen molar-refractivity contribution in [1.82, 2.24) is 5.32 Å². The lowest BCUT2D eigenvalue weighted by Gasteiger charge is -2.25. The van der Waals surface area contributed by atoms with Crippen molar-refractivity contribution in [2.45, 2.75) is 44.1 Å². The molecule has 2 N–H and O–H groups in total. The molecule has 0 bridgehead atoms. The highest BCUT2D eigenvalue weighted by atomic mass is 16.4. The van der Waals surface area contributed by atoms with Crippen molar-refractivity contribution in [2.75, 3.05) is 0 Å². The molecule has 0 saturated heterocycles. The van der Waals surface area contributed by atoms with E-state index in [1.54, 1.807) is 0 Å². The third kappa shape index (κ3) is 1.61. The molecule has 2 aliphatic carbocycles. The topological polar surface area (TPSA) is 66.4 Å². The number of carboxylic acid groups (broad SMARTS) is 1. The minimum atomic E-state index is -0.945. The third-order valence-corrected chi connectivity index (χ3v) is 3.18. The number of rotatable bonds is 3. The second kappa shape index (κ2) is 3.26. The van der Waals surface area contributed by atoms with Gasteiger partial charge in [-0.15, -0.1) is 0 Å². The fourth-order valence-electron chi connectivity index (χ4n) is 2.05. The maximum Gasteiger partial charge on any atom is 0.329 e. The first-order valence-electron chi connectivity index (χ1n) is 5.19. The number of carboxylic acids is 1. The van der Waals surface area contributed by atoms with Crippen LogP contribution in [0.1, 0.15) is 38.5 Å². The Hall–Kier alpha value is -1.06. The zero-order valence-corrected chi connectivity index (χ0v) is 8.08. The van der Waals surface area contributed by atoms with Gasteiger partial charge in [0.1, 0.15) is 5.54 Å². The third-order valence-electron chi connectivity index (χ3n) is 3.18. The highest BCUT2D eigenvalue weighted by Gasteiger charge is 2.44. The van der Waals surface area contributed by atoms with E-state index in [9.17, 15) is 9.59 Å². The van der Waals surface area contributed by atoms with E-state index in [1.165, 1.54) is 0 Å². The van der Waals surface area contributed by atoms with Crippen molar-refractivity contribution < 1.29 is 14.7 Å². The Bertz CT molecular complexity index is 265. The number of carbonyl (C=O) groups is 2. The maximum absolute atomic E-state index is 11.5. The average Bonchev–Trinajstić information content (AvgIpc) is 2.88. The SMILES string of the molecule is O=C(NC1(C(=O)O)CCCC1)C1CC1. The van der Waals surface area contributed by atoms with Crippen LogP contribution in [-0.4, -0.2) is 22.5 Å². The van der Waals surface area contributed by atoms with Gasteiger partial charge in [-0.1, -0.05) is 12.8 Å². The van der Waals surface area contributed by atoms with Crippen molar-refractivity contribution in [3.8, 4) is 0 Å². The van der Waals surface area contributed by atoms with Crippen LogP contribution < -0.4 is 5.32 Å². The van der Waals surface area contributed by atoms with Crippen molar-refractivity contribution in [3.05, 3.63) is 0 Å². The van der Waals surface area contributed by atoms with Gasteiger partial charge in [-0.2, -0.15) is 0 Å². The van der Waals surface area contributed by atoms with Gasteiger partial charge in [0.15, 0.2) is 0 Å². The molecule has 0 aliphatic heterocycles. The monoisotopic (exact) mass is 197 g/mol. The molecule has 0 radical (unpaired) electrons. The van der Waals surface area contributed by atoms with Crippen LogP contribution in [0.2, 0.25) is 0 Å². The Balaban J connectivity index is 2.03. The molecular formula is C10H15NO3. The highest BCUT2D eigenvalue weighted by Crippen LogP contribution is 2.34. The van der Waals surface area contributed by atoms with Crippen LogP contribution in [0.15, 0.2) is 0 Å². The second-order valence-corrected chi connectivity index (χ2v) is 4.36. The molecule has 2 rings (SSSR count). The predicted octanol–water partition coefficient (Wildman–Crippen LogP) is 0.910. The van der Waals surface area contributed by atoms with Crippen LogP contribution >= 0.6 is 0 Å². The Labute approximate surface area is 82.7 Å². The summed E-state index contributed by atoms with van der Waals surface area (Å²) in [6, 6.07) is 0. The van der Waals surface area contributed by atoms with Crippen LogP contribution in [0.5, 0.6) is 0 Å². The normalized spacial score (nSPS) is 24.6. The number of hydrogen-bond acceptors (Lipinski definition) is 2. The second-order valence-electron chi connectivity index (χ2n) is 4.36. The first-order valence-corrected chi connectivity index (χ1v) is 5.19. The van der Waals surface area contributed by atoms with Gasteiger partial charge in [-0.3, -0.25) is 4.79 Å². The number of amides is 1. The van der Waals surface area contributed by atoms with E-state index in [0.717, 1.165) is 25.7 Å². The van der Waals surface area contributed by atoms with E-state index in [1.807, 2.05) is 0 Å². The van der Waals surface area contributed by atoms with Gasteiger partial charge in [-0.25, -0.2) is 4.79 Å². The zero-order valence-electron chi connectivity index (χ0n) is 8.08. The Morgan fingerprint density at radius 1 is 1.21 bits per heavy atom. The highest BCUT2D eigenvalue weighted by molar-refractivity contribution is 5.89. The summed E-state index contributed by atoms with van der Waals surface area (Å²) in [7, 11) is 0. The Kier molecular flexibility index (Phi) is 2.21. The number of carbonyl (C=O) groups excluding carboxylic acids is 1. The van der Waals surface area contributed by atoms with Crippen molar-refractivity contribution >= 4 is 11.9 Å². The molecule has 1 amide bonds. The molecule has 78 valence electrons. The molecule has 2 fully saturated rings. The molecule has 2 saturated carbocycles. The van der Waals surface area contributed by atoms with Crippen molar-refractivity contribution in [2.24, 2.45) is 5.92 Å². The number of nitrogens with one attached hydrogen (secondary N) is 1. The molecular weight excluding hydrogens is 182 g/mol. The summed E-state index contributed by atoms with van der Waals surface area (Å²) in [5, 5.41) is 11.8. The lowest BCUT2D eigenvalue weighted by atomic mass is 9.97. The summed E-state index contributed by atoms with van der Waals surface area (Å²) in [5.41, 5.74) is -0.945. The molecule has 0 heterocycles. The molecule has 4 nitrogen and oxygen atoms in total. The first kappa shape index (κ1) is 9.49. The van der Waals surface area contributed by atoms with Crippen molar-refractivity contribution in [1.29, 1.82) is 0 Å². The molecule has 0 atom stereocenters. The van der Waals surface area contributed by atoms with Gasteiger partial charge in [0.25, 0.3) is 0 Å². The minimum Gasteiger partial charge on any atom is -0.480 e. The van der Waals surface area contributed by atoms with Gasteiger partial charge in [0.2, 0.25) is 5.91 Å². The van der Waals surface area contributed by atoms with Crippen LogP contribution in [-0.2, 0) is 9.59 Å². The van der Waals surface area contributed by atoms with E-state index >= 15 is 0 Å². The van der Waals surface area contributed by atoms with Crippen LogP contribution in [0.25, 0.3) is 0 Å². The van der Waals surface area contributed by atoms with Crippen LogP contribution in [0, 0.1) is 5.92 Å². The van der Waals surface area contributed by atoms with Gasteiger partial charge in [0.05, 0.1) is 0 Å². The molecule has 0 aromatic heterocycles. The Morgan fingerprint density at radius 2 is 1.79 bits per heavy atom. The molecule has 0 aromatic rings. The summed E-state index contributed by atoms with van der Waals surface area (Å²) in [4.78, 5) is 22.6. The Morgan fingerprint density at radius 3 is 2.21 bits per heavy atom. The predicted molar refractivity (Wildman–Crippen MR) is 49.7 cm³/mol. The quantitative estimate of drug-likeness (QED) is 0.706. The number of hydrogen-bond donors (Lipinski definition) is 2. The summed E-state index contributed by atoms with van der Waals surface area (Å²) < 4.78 is 0. The molecule has 2 aliphatic rings. The summed E-state index contributed by atoms with van der Waals surface area (Å²) in [5.74, 6) is -0.842. The number of aliphatic carboxylic acids is 1.